The molecule has 2 heterocycles. The first-order valence-electron chi connectivity index (χ1n) is 10.3. The molecule has 4 N–H and O–H groups in total. The number of ether oxygens (including phenoxy) is 2. The van der Waals surface area contributed by atoms with Gasteiger partial charge in [-0.2, -0.15) is 4.68 Å². The minimum Gasteiger partial charge on any atom is -0.492 e. The highest BCUT2D eigenvalue weighted by Crippen LogP contribution is 2.45. The normalized spacial score (nSPS) is 21.9. The summed E-state index contributed by atoms with van der Waals surface area (Å²) in [6.07, 6.45) is 1.76. The summed E-state index contributed by atoms with van der Waals surface area (Å²) in [7, 11) is 3.23. The molecule has 9 heteroatoms. The molecule has 4 rings (SSSR count). The molecule has 1 aliphatic heterocycles. The molecule has 1 aliphatic carbocycles. The molecule has 164 valence electrons. The van der Waals surface area contributed by atoms with Crippen LogP contribution >= 0.6 is 0 Å². The van der Waals surface area contributed by atoms with Crippen molar-refractivity contribution in [3.63, 3.8) is 0 Å². The first kappa shape index (κ1) is 20.7. The van der Waals surface area contributed by atoms with E-state index in [1.807, 2.05) is 6.07 Å². The Morgan fingerprint density at radius 1 is 1.23 bits per heavy atom. The zero-order valence-electron chi connectivity index (χ0n) is 18.1. The number of benzene rings is 1. The Labute approximate surface area is 175 Å². The summed E-state index contributed by atoms with van der Waals surface area (Å²) >= 11 is 0. The monoisotopic (exact) mass is 417 g/mol. The number of nitrogens with zero attached hydrogens (tertiary/aromatic N) is 3. The average Bonchev–Trinajstić information content (AvgIpc) is 3.48. The smallest absolute Gasteiger partial charge is 0.350 e. The Hall–Kier alpha value is -2.52. The van der Waals surface area contributed by atoms with E-state index in [0.717, 1.165) is 31.6 Å². The van der Waals surface area contributed by atoms with Gasteiger partial charge in [-0.25, -0.2) is 4.79 Å². The van der Waals surface area contributed by atoms with Gasteiger partial charge in [0.15, 0.2) is 5.75 Å². The molecule has 2 aromatic rings. The van der Waals surface area contributed by atoms with Crippen molar-refractivity contribution in [2.45, 2.75) is 38.8 Å². The highest BCUT2D eigenvalue weighted by atomic mass is 16.5. The highest BCUT2D eigenvalue weighted by molar-refractivity contribution is 5.91. The van der Waals surface area contributed by atoms with E-state index in [2.05, 4.69) is 18.7 Å². The zero-order chi connectivity index (χ0) is 21.8. The van der Waals surface area contributed by atoms with Gasteiger partial charge in [-0.05, 0) is 30.4 Å². The summed E-state index contributed by atoms with van der Waals surface area (Å²) in [5.74, 6) is 6.53. The lowest BCUT2D eigenvalue weighted by Crippen LogP contribution is -2.44. The molecule has 0 unspecified atom stereocenters. The molecule has 1 saturated carbocycles. The lowest BCUT2D eigenvalue weighted by atomic mass is 9.78. The topological polar surface area (TPSA) is 118 Å². The van der Waals surface area contributed by atoms with Gasteiger partial charge in [0.1, 0.15) is 5.52 Å². The summed E-state index contributed by atoms with van der Waals surface area (Å²) in [5, 5.41) is 0.385. The molecule has 0 bridgehead atoms. The molecule has 1 aromatic heterocycles. The number of anilines is 1. The minimum atomic E-state index is -0.515. The molecule has 0 spiro atoms. The van der Waals surface area contributed by atoms with Gasteiger partial charge in [0.05, 0.1) is 24.8 Å². The van der Waals surface area contributed by atoms with Crippen LogP contribution in [0, 0.1) is 11.3 Å². The second-order valence-corrected chi connectivity index (χ2v) is 9.17. The predicted octanol–water partition coefficient (Wildman–Crippen LogP) is 0.657. The van der Waals surface area contributed by atoms with Crippen LogP contribution in [0.2, 0.25) is 0 Å². The maximum Gasteiger partial charge on any atom is 0.350 e. The van der Waals surface area contributed by atoms with Crippen molar-refractivity contribution in [3.8, 4) is 5.75 Å². The molecule has 30 heavy (non-hydrogen) atoms. The van der Waals surface area contributed by atoms with Gasteiger partial charge in [-0.1, -0.05) is 13.8 Å². The van der Waals surface area contributed by atoms with Crippen molar-refractivity contribution in [3.05, 3.63) is 33.0 Å². The minimum absolute atomic E-state index is 0.0330. The number of hydrogen-bond acceptors (Lipinski definition) is 7. The van der Waals surface area contributed by atoms with Gasteiger partial charge in [0.25, 0.3) is 5.56 Å². The van der Waals surface area contributed by atoms with E-state index >= 15 is 0 Å². The summed E-state index contributed by atoms with van der Waals surface area (Å²) in [6.45, 7) is 6.41. The summed E-state index contributed by atoms with van der Waals surface area (Å²) < 4.78 is 13.4. The van der Waals surface area contributed by atoms with Crippen molar-refractivity contribution in [1.82, 2.24) is 9.24 Å². The van der Waals surface area contributed by atoms with Crippen LogP contribution in [0.15, 0.2) is 21.7 Å². The van der Waals surface area contributed by atoms with E-state index in [4.69, 9.17) is 21.1 Å². The van der Waals surface area contributed by atoms with E-state index in [9.17, 15) is 9.59 Å². The predicted molar refractivity (Wildman–Crippen MR) is 117 cm³/mol. The van der Waals surface area contributed by atoms with Gasteiger partial charge in [-0.15, -0.1) is 0 Å². The number of aromatic nitrogens is 2. The molecule has 0 radical (unpaired) electrons. The summed E-state index contributed by atoms with van der Waals surface area (Å²) in [4.78, 5) is 27.7. The number of hydrogen-bond donors (Lipinski definition) is 2. The number of nitrogen functional groups attached to an aromatic ring is 1. The van der Waals surface area contributed by atoms with E-state index in [0.29, 0.717) is 27.9 Å². The van der Waals surface area contributed by atoms with Gasteiger partial charge in [0.2, 0.25) is 0 Å². The highest BCUT2D eigenvalue weighted by Gasteiger charge is 2.43. The third kappa shape index (κ3) is 3.16. The van der Waals surface area contributed by atoms with Gasteiger partial charge < -0.3 is 25.9 Å². The third-order valence-electron chi connectivity index (χ3n) is 6.56. The standard InChI is InChI=1S/C21H31N5O4/c1-21(2)11-24(9-14(21)15(22)10-29-3)16-8-7-13-17(18(16)30-4)25(12-5-6-12)20(28)26(23)19(13)27/h7-8,12,14-15H,5-6,9-11,22-23H2,1-4H3/t14-,15-/m1/s1. The first-order valence-corrected chi connectivity index (χ1v) is 10.3. The van der Waals surface area contributed by atoms with E-state index in [1.165, 1.54) is 0 Å². The lowest BCUT2D eigenvalue weighted by Gasteiger charge is -2.29. The summed E-state index contributed by atoms with van der Waals surface area (Å²) in [5.41, 5.74) is 6.73. The number of methoxy groups -OCH3 is 2. The largest absolute Gasteiger partial charge is 0.492 e. The van der Waals surface area contributed by atoms with Gasteiger partial charge in [-0.3, -0.25) is 9.36 Å². The Kier molecular flexibility index (Phi) is 5.06. The van der Waals surface area contributed by atoms with Crippen molar-refractivity contribution >= 4 is 16.6 Å². The SMILES string of the molecule is COC[C@@H](N)[C@H]1CN(c2ccc3c(=O)n(N)c(=O)n(C4CC4)c3c2OC)CC1(C)C. The second kappa shape index (κ2) is 7.31. The average molecular weight is 418 g/mol. The van der Waals surface area contributed by atoms with Crippen LogP contribution in [0.1, 0.15) is 32.7 Å². The molecule has 1 aromatic carbocycles. The van der Waals surface area contributed by atoms with E-state index < -0.39 is 11.2 Å². The maximum atomic E-state index is 12.8. The Bertz CT molecular complexity index is 1090. The van der Waals surface area contributed by atoms with E-state index in [1.54, 1.807) is 24.9 Å². The van der Waals surface area contributed by atoms with E-state index in [-0.39, 0.29) is 23.4 Å². The lowest BCUT2D eigenvalue weighted by molar-refractivity contribution is 0.130. The Balaban J connectivity index is 1.87. The number of fused-ring (bicyclic) bond motifs is 1. The molecule has 2 atom stereocenters. The fourth-order valence-electron chi connectivity index (χ4n) is 4.89. The molecule has 0 amide bonds. The first-order chi connectivity index (χ1) is 14.2. The van der Waals surface area contributed by atoms with Crippen LogP contribution < -0.4 is 32.5 Å². The molecular formula is C21H31N5O4. The van der Waals surface area contributed by atoms with Gasteiger partial charge in [0, 0.05) is 38.2 Å². The molecule has 2 aliphatic rings. The molecular weight excluding hydrogens is 386 g/mol. The summed E-state index contributed by atoms with van der Waals surface area (Å²) in [6, 6.07) is 3.57. The van der Waals surface area contributed by atoms with Crippen molar-refractivity contribution < 1.29 is 9.47 Å². The van der Waals surface area contributed by atoms with Crippen LogP contribution in [-0.2, 0) is 4.74 Å². The van der Waals surface area contributed by atoms with Crippen LogP contribution in [0.3, 0.4) is 0 Å². The third-order valence-corrected chi connectivity index (χ3v) is 6.56. The quantitative estimate of drug-likeness (QED) is 0.663. The molecule has 2 fully saturated rings. The Morgan fingerprint density at radius 2 is 1.93 bits per heavy atom. The Morgan fingerprint density at radius 3 is 2.53 bits per heavy atom. The van der Waals surface area contributed by atoms with Crippen molar-refractivity contribution in [2.24, 2.45) is 17.1 Å². The second-order valence-electron chi connectivity index (χ2n) is 9.17. The van der Waals surface area contributed by atoms with Crippen molar-refractivity contribution in [2.75, 3.05) is 44.7 Å². The molecule has 1 saturated heterocycles. The fraction of sp³-hybridized carbons (Fsp3) is 0.619. The molecule has 9 nitrogen and oxygen atoms in total. The van der Waals surface area contributed by atoms with Crippen LogP contribution in [0.25, 0.3) is 10.9 Å². The zero-order valence-corrected chi connectivity index (χ0v) is 18.1. The number of rotatable bonds is 6. The maximum absolute atomic E-state index is 12.8. The fourth-order valence-corrected chi connectivity index (χ4v) is 4.89. The van der Waals surface area contributed by atoms with Crippen LogP contribution in [0.4, 0.5) is 5.69 Å². The van der Waals surface area contributed by atoms with Crippen LogP contribution in [0.5, 0.6) is 5.75 Å². The number of nitrogens with two attached hydrogens (primary N) is 2. The van der Waals surface area contributed by atoms with Crippen LogP contribution in [-0.4, -0.2) is 49.2 Å². The van der Waals surface area contributed by atoms with Crippen molar-refractivity contribution in [1.29, 1.82) is 0 Å². The van der Waals surface area contributed by atoms with Gasteiger partial charge >= 0.3 is 5.69 Å².